The molecule has 0 saturated carbocycles. The summed E-state index contributed by atoms with van der Waals surface area (Å²) in [7, 11) is 3.35. The molecule has 0 spiro atoms. The second kappa shape index (κ2) is 6.61. The van der Waals surface area contributed by atoms with Gasteiger partial charge in [-0.05, 0) is 18.9 Å². The fourth-order valence-electron chi connectivity index (χ4n) is 2.34. The van der Waals surface area contributed by atoms with Crippen LogP contribution in [-0.2, 0) is 6.54 Å². The minimum Gasteiger partial charge on any atom is -0.493 e. The Morgan fingerprint density at radius 1 is 1.11 bits per heavy atom. The summed E-state index contributed by atoms with van der Waals surface area (Å²) in [4.78, 5) is 0. The quantitative estimate of drug-likeness (QED) is 0.868. The number of ether oxygens (including phenoxy) is 2. The summed E-state index contributed by atoms with van der Waals surface area (Å²) in [5, 5.41) is 2.29. The average Bonchev–Trinajstić information content (AvgIpc) is 2.45. The van der Waals surface area contributed by atoms with Crippen molar-refractivity contribution in [2.45, 2.75) is 25.8 Å². The van der Waals surface area contributed by atoms with Crippen LogP contribution in [0.1, 0.15) is 24.8 Å². The van der Waals surface area contributed by atoms with Crippen molar-refractivity contribution in [3.63, 3.8) is 0 Å². The summed E-state index contributed by atoms with van der Waals surface area (Å²) < 4.78 is 10.7. The van der Waals surface area contributed by atoms with Gasteiger partial charge < -0.3 is 9.47 Å². The zero-order chi connectivity index (χ0) is 12.8. The summed E-state index contributed by atoms with van der Waals surface area (Å²) in [6, 6.07) is 5.98. The van der Waals surface area contributed by atoms with Crippen molar-refractivity contribution in [3.05, 3.63) is 23.8 Å². The van der Waals surface area contributed by atoms with Crippen LogP contribution in [0.15, 0.2) is 18.2 Å². The molecule has 0 amide bonds. The Kier molecular flexibility index (Phi) is 4.84. The smallest absolute Gasteiger partial charge is 0.165 e. The monoisotopic (exact) mass is 250 g/mol. The van der Waals surface area contributed by atoms with Crippen molar-refractivity contribution in [1.82, 2.24) is 10.4 Å². The topological polar surface area (TPSA) is 33.7 Å². The van der Waals surface area contributed by atoms with Crippen molar-refractivity contribution in [3.8, 4) is 11.5 Å². The average molecular weight is 250 g/mol. The van der Waals surface area contributed by atoms with E-state index >= 15 is 0 Å². The molecular weight excluding hydrogens is 228 g/mol. The van der Waals surface area contributed by atoms with Gasteiger partial charge in [-0.15, -0.1) is 0 Å². The lowest BCUT2D eigenvalue weighted by Crippen LogP contribution is -2.41. The molecule has 0 unspecified atom stereocenters. The normalized spacial score (nSPS) is 16.6. The molecule has 1 heterocycles. The van der Waals surface area contributed by atoms with Crippen molar-refractivity contribution in [1.29, 1.82) is 0 Å². The molecule has 4 nitrogen and oxygen atoms in total. The third-order valence-corrected chi connectivity index (χ3v) is 3.33. The molecule has 1 saturated heterocycles. The number of piperidine rings is 1. The summed E-state index contributed by atoms with van der Waals surface area (Å²) >= 11 is 0. The molecule has 1 fully saturated rings. The highest BCUT2D eigenvalue weighted by molar-refractivity contribution is 5.46. The van der Waals surface area contributed by atoms with Crippen LogP contribution in [0.5, 0.6) is 11.5 Å². The van der Waals surface area contributed by atoms with E-state index < -0.39 is 0 Å². The van der Waals surface area contributed by atoms with Gasteiger partial charge in [-0.2, -0.15) is 0 Å². The molecular formula is C14H22N2O2. The van der Waals surface area contributed by atoms with Crippen molar-refractivity contribution in [2.75, 3.05) is 27.3 Å². The van der Waals surface area contributed by atoms with Crippen LogP contribution in [0.2, 0.25) is 0 Å². The second-order valence-electron chi connectivity index (χ2n) is 4.54. The lowest BCUT2D eigenvalue weighted by atomic mass is 10.1. The highest BCUT2D eigenvalue weighted by atomic mass is 16.5. The first-order valence-electron chi connectivity index (χ1n) is 6.53. The van der Waals surface area contributed by atoms with Gasteiger partial charge in [0.15, 0.2) is 11.5 Å². The van der Waals surface area contributed by atoms with Gasteiger partial charge in [0, 0.05) is 25.2 Å². The van der Waals surface area contributed by atoms with Crippen LogP contribution < -0.4 is 14.9 Å². The molecule has 2 rings (SSSR count). The van der Waals surface area contributed by atoms with Crippen LogP contribution >= 0.6 is 0 Å². The van der Waals surface area contributed by atoms with E-state index in [9.17, 15) is 0 Å². The zero-order valence-corrected chi connectivity index (χ0v) is 11.2. The van der Waals surface area contributed by atoms with Gasteiger partial charge in [0.05, 0.1) is 14.2 Å². The molecule has 0 radical (unpaired) electrons. The number of hydrogen-bond acceptors (Lipinski definition) is 4. The van der Waals surface area contributed by atoms with Crippen molar-refractivity contribution >= 4 is 0 Å². The summed E-state index contributed by atoms with van der Waals surface area (Å²) in [5.41, 5.74) is 4.59. The Bertz CT molecular complexity index is 376. The van der Waals surface area contributed by atoms with Gasteiger partial charge in [-0.25, -0.2) is 5.01 Å². The highest BCUT2D eigenvalue weighted by Gasteiger charge is 2.12. The second-order valence-corrected chi connectivity index (χ2v) is 4.54. The molecule has 1 aliphatic heterocycles. The number of hydrogen-bond donors (Lipinski definition) is 1. The maximum absolute atomic E-state index is 5.42. The largest absolute Gasteiger partial charge is 0.493 e. The summed E-state index contributed by atoms with van der Waals surface area (Å²) in [6.45, 7) is 3.04. The maximum Gasteiger partial charge on any atom is 0.165 e. The first-order chi connectivity index (χ1) is 8.85. The van der Waals surface area contributed by atoms with Crippen molar-refractivity contribution in [2.24, 2.45) is 0 Å². The van der Waals surface area contributed by atoms with E-state index in [1.54, 1.807) is 14.2 Å². The molecule has 0 atom stereocenters. The van der Waals surface area contributed by atoms with E-state index in [1.807, 2.05) is 12.1 Å². The van der Waals surface area contributed by atoms with Gasteiger partial charge in [0.2, 0.25) is 0 Å². The molecule has 100 valence electrons. The van der Waals surface area contributed by atoms with Crippen LogP contribution in [0, 0.1) is 0 Å². The third kappa shape index (κ3) is 3.15. The number of nitrogens with zero attached hydrogens (tertiary/aromatic N) is 1. The number of para-hydroxylation sites is 1. The molecule has 1 aliphatic rings. The number of benzene rings is 1. The minimum atomic E-state index is 0.778. The summed E-state index contributed by atoms with van der Waals surface area (Å²) in [5.74, 6) is 1.61. The van der Waals surface area contributed by atoms with E-state index in [0.29, 0.717) is 0 Å². The molecule has 1 N–H and O–H groups in total. The predicted molar refractivity (Wildman–Crippen MR) is 71.8 cm³/mol. The first kappa shape index (κ1) is 13.2. The Hall–Kier alpha value is -1.26. The molecule has 0 aromatic heterocycles. The fourth-order valence-corrected chi connectivity index (χ4v) is 2.34. The van der Waals surface area contributed by atoms with Crippen LogP contribution in [0.3, 0.4) is 0 Å². The number of methoxy groups -OCH3 is 2. The van der Waals surface area contributed by atoms with Gasteiger partial charge in [-0.3, -0.25) is 5.43 Å². The van der Waals surface area contributed by atoms with E-state index in [0.717, 1.165) is 36.7 Å². The Labute approximate surface area is 109 Å². The van der Waals surface area contributed by atoms with Gasteiger partial charge in [-0.1, -0.05) is 18.6 Å². The predicted octanol–water partition coefficient (Wildman–Crippen LogP) is 2.19. The van der Waals surface area contributed by atoms with Crippen molar-refractivity contribution < 1.29 is 9.47 Å². The van der Waals surface area contributed by atoms with Crippen LogP contribution in [0.25, 0.3) is 0 Å². The minimum absolute atomic E-state index is 0.778. The molecule has 4 heteroatoms. The standard InChI is InChI=1S/C14H22N2O2/c1-17-13-8-6-7-12(14(13)18-2)11-15-16-9-4-3-5-10-16/h6-8,15H,3-5,9-11H2,1-2H3. The molecule has 1 aromatic rings. The van der Waals surface area contributed by atoms with E-state index in [-0.39, 0.29) is 0 Å². The maximum atomic E-state index is 5.42. The first-order valence-corrected chi connectivity index (χ1v) is 6.53. The summed E-state index contributed by atoms with van der Waals surface area (Å²) in [6.07, 6.45) is 3.91. The zero-order valence-electron chi connectivity index (χ0n) is 11.2. The van der Waals surface area contributed by atoms with E-state index in [2.05, 4.69) is 16.5 Å². The molecule has 0 aliphatic carbocycles. The van der Waals surface area contributed by atoms with E-state index in [1.165, 1.54) is 19.3 Å². The van der Waals surface area contributed by atoms with Crippen LogP contribution in [-0.4, -0.2) is 32.3 Å². The number of hydrazine groups is 1. The van der Waals surface area contributed by atoms with Gasteiger partial charge in [0.1, 0.15) is 0 Å². The number of rotatable bonds is 5. The SMILES string of the molecule is COc1cccc(CNN2CCCCC2)c1OC. The van der Waals surface area contributed by atoms with Crippen LogP contribution in [0.4, 0.5) is 0 Å². The number of nitrogens with one attached hydrogen (secondary N) is 1. The lowest BCUT2D eigenvalue weighted by molar-refractivity contribution is 0.150. The molecule has 0 bridgehead atoms. The molecule has 18 heavy (non-hydrogen) atoms. The third-order valence-electron chi connectivity index (χ3n) is 3.33. The highest BCUT2D eigenvalue weighted by Crippen LogP contribution is 2.30. The van der Waals surface area contributed by atoms with E-state index in [4.69, 9.17) is 9.47 Å². The Balaban J connectivity index is 1.99. The van der Waals surface area contributed by atoms with Gasteiger partial charge >= 0.3 is 0 Å². The Morgan fingerprint density at radius 2 is 1.89 bits per heavy atom. The lowest BCUT2D eigenvalue weighted by Gasteiger charge is -2.27. The Morgan fingerprint density at radius 3 is 2.56 bits per heavy atom. The fraction of sp³-hybridized carbons (Fsp3) is 0.571. The van der Waals surface area contributed by atoms with Gasteiger partial charge in [0.25, 0.3) is 0 Å². The molecule has 1 aromatic carbocycles.